The smallest absolute Gasteiger partial charge is 0.242 e. The molecule has 1 spiro atoms. The Morgan fingerprint density at radius 1 is 1.20 bits per heavy atom. The second-order valence-corrected chi connectivity index (χ2v) is 8.94. The van der Waals surface area contributed by atoms with Gasteiger partial charge < -0.3 is 14.8 Å². The number of nitrogens with zero attached hydrogens (tertiary/aromatic N) is 4. The minimum Gasteiger partial charge on any atom is -0.341 e. The lowest BCUT2D eigenvalue weighted by Gasteiger charge is -2.39. The standard InChI is InChI=1S/C21H25N5OS.2ClH/c1-15-19(28-14-23-15)20-24-16-4-2-3-5-17(16)26(20)12-18(27)25-10-7-21(8-11-25)6-9-22-13-21;;/h2-5,14,22H,6-13H2,1H3;2*1H. The van der Waals surface area contributed by atoms with Crippen LogP contribution >= 0.6 is 36.2 Å². The van der Waals surface area contributed by atoms with Gasteiger partial charge in [-0.1, -0.05) is 12.1 Å². The molecule has 0 unspecified atom stereocenters. The second-order valence-electron chi connectivity index (χ2n) is 8.08. The summed E-state index contributed by atoms with van der Waals surface area (Å²) in [6.07, 6.45) is 3.46. The summed E-state index contributed by atoms with van der Waals surface area (Å²) in [5.41, 5.74) is 5.15. The van der Waals surface area contributed by atoms with Crippen molar-refractivity contribution in [1.82, 2.24) is 24.8 Å². The molecular weight excluding hydrogens is 441 g/mol. The van der Waals surface area contributed by atoms with Gasteiger partial charge >= 0.3 is 0 Å². The fourth-order valence-corrected chi connectivity index (χ4v) is 5.41. The molecular formula is C21H27Cl2N5OS. The largest absolute Gasteiger partial charge is 0.341 e. The van der Waals surface area contributed by atoms with Gasteiger partial charge in [-0.2, -0.15) is 0 Å². The summed E-state index contributed by atoms with van der Waals surface area (Å²) in [6.45, 7) is 6.28. The molecule has 1 N–H and O–H groups in total. The molecule has 2 aliphatic rings. The van der Waals surface area contributed by atoms with Crippen molar-refractivity contribution < 1.29 is 4.79 Å². The number of para-hydroxylation sites is 2. The van der Waals surface area contributed by atoms with Crippen LogP contribution in [0.15, 0.2) is 29.8 Å². The van der Waals surface area contributed by atoms with Crippen LogP contribution in [0.2, 0.25) is 0 Å². The predicted octanol–water partition coefficient (Wildman–Crippen LogP) is 3.91. The van der Waals surface area contributed by atoms with Gasteiger partial charge in [0.2, 0.25) is 5.91 Å². The van der Waals surface area contributed by atoms with Crippen LogP contribution in [-0.4, -0.2) is 51.5 Å². The number of amides is 1. The van der Waals surface area contributed by atoms with Crippen LogP contribution in [-0.2, 0) is 11.3 Å². The van der Waals surface area contributed by atoms with Crippen LogP contribution in [0.3, 0.4) is 0 Å². The van der Waals surface area contributed by atoms with E-state index < -0.39 is 0 Å². The molecule has 0 atom stereocenters. The summed E-state index contributed by atoms with van der Waals surface area (Å²) in [4.78, 5) is 25.5. The van der Waals surface area contributed by atoms with Crippen molar-refractivity contribution in [2.24, 2.45) is 5.41 Å². The normalized spacial score (nSPS) is 17.7. The lowest BCUT2D eigenvalue weighted by molar-refractivity contribution is -0.133. The molecule has 2 aliphatic heterocycles. The maximum absolute atomic E-state index is 13.2. The molecule has 0 aliphatic carbocycles. The van der Waals surface area contributed by atoms with Gasteiger partial charge in [-0.25, -0.2) is 9.97 Å². The molecule has 2 fully saturated rings. The van der Waals surface area contributed by atoms with Gasteiger partial charge in [-0.05, 0) is 50.3 Å². The van der Waals surface area contributed by atoms with Crippen molar-refractivity contribution in [2.75, 3.05) is 26.2 Å². The first kappa shape index (κ1) is 23.0. The van der Waals surface area contributed by atoms with Gasteiger partial charge in [-0.15, -0.1) is 36.2 Å². The molecule has 1 aromatic carbocycles. The number of aromatic nitrogens is 3. The second kappa shape index (κ2) is 9.22. The first-order valence-corrected chi connectivity index (χ1v) is 10.9. The molecule has 0 saturated carbocycles. The maximum Gasteiger partial charge on any atom is 0.242 e. The summed E-state index contributed by atoms with van der Waals surface area (Å²) in [5.74, 6) is 1.04. The number of hydrogen-bond donors (Lipinski definition) is 1. The van der Waals surface area contributed by atoms with Crippen molar-refractivity contribution in [1.29, 1.82) is 0 Å². The van der Waals surface area contributed by atoms with Gasteiger partial charge in [0, 0.05) is 19.6 Å². The number of aryl methyl sites for hydroxylation is 1. The van der Waals surface area contributed by atoms with Gasteiger partial charge in [0.1, 0.15) is 6.54 Å². The van der Waals surface area contributed by atoms with E-state index in [4.69, 9.17) is 4.98 Å². The fourth-order valence-electron chi connectivity index (χ4n) is 4.61. The molecule has 6 nitrogen and oxygen atoms in total. The Morgan fingerprint density at radius 2 is 1.97 bits per heavy atom. The Labute approximate surface area is 192 Å². The third kappa shape index (κ3) is 4.08. The summed E-state index contributed by atoms with van der Waals surface area (Å²) in [5, 5.41) is 3.49. The summed E-state index contributed by atoms with van der Waals surface area (Å²) >= 11 is 1.58. The van der Waals surface area contributed by atoms with E-state index in [1.807, 2.05) is 41.6 Å². The monoisotopic (exact) mass is 467 g/mol. The average molecular weight is 468 g/mol. The zero-order valence-electron chi connectivity index (χ0n) is 17.0. The van der Waals surface area contributed by atoms with Crippen LogP contribution in [0.4, 0.5) is 0 Å². The highest BCUT2D eigenvalue weighted by Gasteiger charge is 2.38. The van der Waals surface area contributed by atoms with E-state index in [9.17, 15) is 4.79 Å². The Balaban J connectivity index is 0.00000128. The Bertz CT molecular complexity index is 1020. The number of rotatable bonds is 3. The molecule has 162 valence electrons. The lowest BCUT2D eigenvalue weighted by atomic mass is 9.78. The minimum atomic E-state index is 0. The summed E-state index contributed by atoms with van der Waals surface area (Å²) in [7, 11) is 0. The lowest BCUT2D eigenvalue weighted by Crippen LogP contribution is -2.45. The van der Waals surface area contributed by atoms with Gasteiger partial charge in [0.15, 0.2) is 5.82 Å². The molecule has 9 heteroatoms. The van der Waals surface area contributed by atoms with Gasteiger partial charge in [0.25, 0.3) is 0 Å². The number of nitrogens with one attached hydrogen (secondary N) is 1. The molecule has 2 aromatic heterocycles. The highest BCUT2D eigenvalue weighted by atomic mass is 35.5. The zero-order valence-corrected chi connectivity index (χ0v) is 19.4. The molecule has 2 saturated heterocycles. The summed E-state index contributed by atoms with van der Waals surface area (Å²) < 4.78 is 2.07. The molecule has 3 aromatic rings. The van der Waals surface area contributed by atoms with E-state index in [1.165, 1.54) is 6.42 Å². The number of thiazole rings is 1. The van der Waals surface area contributed by atoms with Crippen LogP contribution in [0, 0.1) is 12.3 Å². The number of fused-ring (bicyclic) bond motifs is 1. The van der Waals surface area contributed by atoms with Crippen molar-refractivity contribution in [3.63, 3.8) is 0 Å². The van der Waals surface area contributed by atoms with Gasteiger partial charge in [-0.3, -0.25) is 4.79 Å². The van der Waals surface area contributed by atoms with Crippen LogP contribution in [0.25, 0.3) is 21.7 Å². The molecule has 0 radical (unpaired) electrons. The molecule has 0 bridgehead atoms. The summed E-state index contributed by atoms with van der Waals surface area (Å²) in [6, 6.07) is 8.05. The Morgan fingerprint density at radius 3 is 2.63 bits per heavy atom. The average Bonchev–Trinajstić information content (AvgIpc) is 3.42. The quantitative estimate of drug-likeness (QED) is 0.633. The first-order valence-electron chi connectivity index (χ1n) is 9.99. The number of benzene rings is 1. The molecule has 4 heterocycles. The molecule has 5 rings (SSSR count). The number of hydrogen-bond acceptors (Lipinski definition) is 5. The van der Waals surface area contributed by atoms with Crippen LogP contribution in [0.5, 0.6) is 0 Å². The highest BCUT2D eigenvalue weighted by Crippen LogP contribution is 2.37. The van der Waals surface area contributed by atoms with E-state index in [2.05, 4.69) is 14.9 Å². The van der Waals surface area contributed by atoms with Gasteiger partial charge in [0.05, 0.1) is 27.1 Å². The number of likely N-dealkylation sites (tertiary alicyclic amines) is 1. The Kier molecular flexibility index (Phi) is 7.07. The fraction of sp³-hybridized carbons (Fsp3) is 0.476. The van der Waals surface area contributed by atoms with E-state index in [1.54, 1.807) is 11.3 Å². The number of carbonyl (C=O) groups excluding carboxylic acids is 1. The van der Waals surface area contributed by atoms with Crippen molar-refractivity contribution in [3.05, 3.63) is 35.5 Å². The molecule has 30 heavy (non-hydrogen) atoms. The van der Waals surface area contributed by atoms with Crippen molar-refractivity contribution >= 4 is 53.1 Å². The van der Waals surface area contributed by atoms with E-state index >= 15 is 0 Å². The molecule has 1 amide bonds. The predicted molar refractivity (Wildman–Crippen MR) is 126 cm³/mol. The third-order valence-electron chi connectivity index (χ3n) is 6.41. The number of imidazole rings is 1. The number of carbonyl (C=O) groups is 1. The number of halogens is 2. The highest BCUT2D eigenvalue weighted by molar-refractivity contribution is 7.13. The minimum absolute atomic E-state index is 0. The van der Waals surface area contributed by atoms with Crippen molar-refractivity contribution in [2.45, 2.75) is 32.7 Å². The third-order valence-corrected chi connectivity index (χ3v) is 7.33. The topological polar surface area (TPSA) is 63.1 Å². The van der Waals surface area contributed by atoms with E-state index in [0.29, 0.717) is 12.0 Å². The van der Waals surface area contributed by atoms with Crippen molar-refractivity contribution in [3.8, 4) is 10.7 Å². The van der Waals surface area contributed by atoms with E-state index in [0.717, 1.165) is 66.4 Å². The first-order chi connectivity index (χ1) is 13.7. The zero-order chi connectivity index (χ0) is 19.1. The SMILES string of the molecule is Cc1ncsc1-c1nc2ccccc2n1CC(=O)N1CCC2(CCNC2)CC1.Cl.Cl. The Hall–Kier alpha value is -1.67. The van der Waals surface area contributed by atoms with E-state index in [-0.39, 0.29) is 30.7 Å². The number of piperidine rings is 1. The maximum atomic E-state index is 13.2. The van der Waals surface area contributed by atoms with Crippen LogP contribution < -0.4 is 5.32 Å². The van der Waals surface area contributed by atoms with Crippen LogP contribution in [0.1, 0.15) is 25.0 Å².